The standard InChI is InChI=1S/C13H14N4O2S/c1-2-6-14-13(18)15-9-5-7-20-10(9)12-16-11(17-19-12)8-3-4-8/h2,5,7-8H,1,3-4,6H2,(H2,14,15,18). The Morgan fingerprint density at radius 3 is 3.20 bits per heavy atom. The van der Waals surface area contributed by atoms with Gasteiger partial charge in [-0.2, -0.15) is 4.98 Å². The molecular weight excluding hydrogens is 276 g/mol. The molecular formula is C13H14N4O2S. The first kappa shape index (κ1) is 12.9. The number of hydrogen-bond acceptors (Lipinski definition) is 5. The lowest BCUT2D eigenvalue weighted by molar-refractivity contribution is 0.253. The minimum Gasteiger partial charge on any atom is -0.334 e. The van der Waals surface area contributed by atoms with E-state index in [4.69, 9.17) is 4.52 Å². The predicted octanol–water partition coefficient (Wildman–Crippen LogP) is 2.98. The summed E-state index contributed by atoms with van der Waals surface area (Å²) in [5.41, 5.74) is 0.669. The van der Waals surface area contributed by atoms with Crippen molar-refractivity contribution in [1.82, 2.24) is 15.5 Å². The van der Waals surface area contributed by atoms with Gasteiger partial charge in [-0.3, -0.25) is 0 Å². The molecule has 0 unspecified atom stereocenters. The van der Waals surface area contributed by atoms with Crippen LogP contribution in [0, 0.1) is 0 Å². The molecule has 2 N–H and O–H groups in total. The van der Waals surface area contributed by atoms with E-state index in [1.807, 2.05) is 11.4 Å². The monoisotopic (exact) mass is 290 g/mol. The predicted molar refractivity (Wildman–Crippen MR) is 76.8 cm³/mol. The molecule has 1 saturated carbocycles. The molecule has 0 bridgehead atoms. The fourth-order valence-corrected chi connectivity index (χ4v) is 2.51. The van der Waals surface area contributed by atoms with Crippen LogP contribution in [0.1, 0.15) is 24.6 Å². The first-order chi connectivity index (χ1) is 9.78. The molecule has 6 nitrogen and oxygen atoms in total. The Hall–Kier alpha value is -2.15. The number of thiophene rings is 1. The van der Waals surface area contributed by atoms with Crippen LogP contribution in [-0.4, -0.2) is 22.7 Å². The number of rotatable bonds is 5. The van der Waals surface area contributed by atoms with E-state index in [2.05, 4.69) is 27.4 Å². The van der Waals surface area contributed by atoms with Crippen LogP contribution >= 0.6 is 11.3 Å². The third-order valence-electron chi connectivity index (χ3n) is 2.90. The van der Waals surface area contributed by atoms with Crippen molar-refractivity contribution in [2.45, 2.75) is 18.8 Å². The van der Waals surface area contributed by atoms with Gasteiger partial charge in [0, 0.05) is 12.5 Å². The summed E-state index contributed by atoms with van der Waals surface area (Å²) in [5.74, 6) is 1.66. The van der Waals surface area contributed by atoms with E-state index in [0.717, 1.165) is 23.5 Å². The Labute approximate surface area is 119 Å². The Morgan fingerprint density at radius 1 is 1.60 bits per heavy atom. The Morgan fingerprint density at radius 2 is 2.45 bits per heavy atom. The van der Waals surface area contributed by atoms with E-state index in [1.54, 1.807) is 6.08 Å². The maximum atomic E-state index is 11.6. The van der Waals surface area contributed by atoms with Crippen molar-refractivity contribution in [2.75, 3.05) is 11.9 Å². The number of amides is 2. The first-order valence-corrected chi connectivity index (χ1v) is 7.23. The van der Waals surface area contributed by atoms with Gasteiger partial charge in [-0.05, 0) is 24.3 Å². The van der Waals surface area contributed by atoms with Gasteiger partial charge in [0.25, 0.3) is 5.89 Å². The van der Waals surface area contributed by atoms with Crippen LogP contribution in [0.5, 0.6) is 0 Å². The molecule has 3 rings (SSSR count). The number of nitrogens with one attached hydrogen (secondary N) is 2. The van der Waals surface area contributed by atoms with Crippen LogP contribution in [0.4, 0.5) is 10.5 Å². The lowest BCUT2D eigenvalue weighted by Gasteiger charge is -2.04. The number of urea groups is 1. The topological polar surface area (TPSA) is 80.0 Å². The number of nitrogens with zero attached hydrogens (tertiary/aromatic N) is 2. The van der Waals surface area contributed by atoms with Gasteiger partial charge in [-0.15, -0.1) is 17.9 Å². The van der Waals surface area contributed by atoms with E-state index in [0.29, 0.717) is 24.0 Å². The maximum absolute atomic E-state index is 11.6. The summed E-state index contributed by atoms with van der Waals surface area (Å²) >= 11 is 1.46. The highest BCUT2D eigenvalue weighted by atomic mass is 32.1. The summed E-state index contributed by atoms with van der Waals surface area (Å²) in [5, 5.41) is 11.3. The third kappa shape index (κ3) is 2.72. The van der Waals surface area contributed by atoms with Gasteiger partial charge in [0.15, 0.2) is 5.82 Å². The van der Waals surface area contributed by atoms with Gasteiger partial charge < -0.3 is 15.2 Å². The van der Waals surface area contributed by atoms with Gasteiger partial charge in [-0.1, -0.05) is 11.2 Å². The largest absolute Gasteiger partial charge is 0.334 e. The Bertz CT molecular complexity index is 630. The summed E-state index contributed by atoms with van der Waals surface area (Å²) < 4.78 is 5.28. The van der Waals surface area contributed by atoms with E-state index in [9.17, 15) is 4.79 Å². The minimum atomic E-state index is -0.286. The summed E-state index contributed by atoms with van der Waals surface area (Å²) in [4.78, 5) is 16.8. The van der Waals surface area contributed by atoms with Crippen molar-refractivity contribution in [3.63, 3.8) is 0 Å². The van der Waals surface area contributed by atoms with Crippen molar-refractivity contribution in [3.05, 3.63) is 29.9 Å². The molecule has 0 saturated heterocycles. The Kier molecular flexibility index (Phi) is 3.51. The lowest BCUT2D eigenvalue weighted by atomic mass is 10.3. The molecule has 7 heteroatoms. The number of carbonyl (C=O) groups excluding carboxylic acids is 1. The number of carbonyl (C=O) groups is 1. The van der Waals surface area contributed by atoms with Crippen LogP contribution in [-0.2, 0) is 0 Å². The molecule has 2 aromatic heterocycles. The van der Waals surface area contributed by atoms with Crippen LogP contribution < -0.4 is 10.6 Å². The molecule has 20 heavy (non-hydrogen) atoms. The maximum Gasteiger partial charge on any atom is 0.319 e. The summed E-state index contributed by atoms with van der Waals surface area (Å²) in [6.07, 6.45) is 3.87. The number of aromatic nitrogens is 2. The normalized spacial score (nSPS) is 14.0. The molecule has 0 aromatic carbocycles. The van der Waals surface area contributed by atoms with Crippen molar-refractivity contribution in [3.8, 4) is 10.8 Å². The highest BCUT2D eigenvalue weighted by Crippen LogP contribution is 2.40. The Balaban J connectivity index is 1.74. The zero-order valence-electron chi connectivity index (χ0n) is 10.8. The second-order valence-corrected chi connectivity index (χ2v) is 5.44. The molecule has 2 aromatic rings. The highest BCUT2D eigenvalue weighted by Gasteiger charge is 2.29. The molecule has 0 aliphatic heterocycles. The van der Waals surface area contributed by atoms with E-state index in [1.165, 1.54) is 11.3 Å². The summed E-state index contributed by atoms with van der Waals surface area (Å²) in [6, 6.07) is 1.53. The number of anilines is 1. The SMILES string of the molecule is C=CCNC(=O)Nc1ccsc1-c1nc(C2CC2)no1. The second-order valence-electron chi connectivity index (χ2n) is 4.52. The van der Waals surface area contributed by atoms with E-state index in [-0.39, 0.29) is 6.03 Å². The lowest BCUT2D eigenvalue weighted by Crippen LogP contribution is -2.28. The third-order valence-corrected chi connectivity index (χ3v) is 3.80. The average molecular weight is 290 g/mol. The van der Waals surface area contributed by atoms with Crippen LogP contribution in [0.25, 0.3) is 10.8 Å². The molecule has 104 valence electrons. The van der Waals surface area contributed by atoms with Gasteiger partial charge >= 0.3 is 6.03 Å². The average Bonchev–Trinajstić information content (AvgIpc) is 3.00. The fraction of sp³-hybridized carbons (Fsp3) is 0.308. The first-order valence-electron chi connectivity index (χ1n) is 6.35. The van der Waals surface area contributed by atoms with Crippen LogP contribution in [0.3, 0.4) is 0 Å². The quantitative estimate of drug-likeness (QED) is 0.830. The zero-order chi connectivity index (χ0) is 13.9. The van der Waals surface area contributed by atoms with Crippen molar-refractivity contribution >= 4 is 23.1 Å². The molecule has 1 fully saturated rings. The van der Waals surface area contributed by atoms with Gasteiger partial charge in [-0.25, -0.2) is 4.79 Å². The van der Waals surface area contributed by atoms with E-state index >= 15 is 0 Å². The van der Waals surface area contributed by atoms with Crippen LogP contribution in [0.15, 0.2) is 28.6 Å². The second kappa shape index (κ2) is 5.46. The van der Waals surface area contributed by atoms with E-state index < -0.39 is 0 Å². The minimum absolute atomic E-state index is 0.286. The zero-order valence-corrected chi connectivity index (χ0v) is 11.6. The van der Waals surface area contributed by atoms with Crippen molar-refractivity contribution in [1.29, 1.82) is 0 Å². The summed E-state index contributed by atoms with van der Waals surface area (Å²) in [7, 11) is 0. The van der Waals surface area contributed by atoms with Gasteiger partial charge in [0.1, 0.15) is 4.88 Å². The van der Waals surface area contributed by atoms with Crippen LogP contribution in [0.2, 0.25) is 0 Å². The van der Waals surface area contributed by atoms with Crippen molar-refractivity contribution in [2.24, 2.45) is 0 Å². The molecule has 0 atom stereocenters. The fourth-order valence-electron chi connectivity index (χ4n) is 1.74. The highest BCUT2D eigenvalue weighted by molar-refractivity contribution is 7.14. The van der Waals surface area contributed by atoms with Crippen molar-refractivity contribution < 1.29 is 9.32 Å². The van der Waals surface area contributed by atoms with Gasteiger partial charge in [0.05, 0.1) is 5.69 Å². The smallest absolute Gasteiger partial charge is 0.319 e. The number of hydrogen-bond donors (Lipinski definition) is 2. The molecule has 1 aliphatic carbocycles. The summed E-state index contributed by atoms with van der Waals surface area (Å²) in [6.45, 7) is 3.96. The molecule has 2 heterocycles. The molecule has 1 aliphatic rings. The molecule has 2 amide bonds. The molecule has 0 spiro atoms. The molecule has 0 radical (unpaired) electrons. The van der Waals surface area contributed by atoms with Gasteiger partial charge in [0.2, 0.25) is 0 Å².